The Labute approximate surface area is 97.2 Å². The molecule has 0 fully saturated rings. The average Bonchev–Trinajstić information content (AvgIpc) is 2.28. The van der Waals surface area contributed by atoms with Crippen molar-refractivity contribution in [2.75, 3.05) is 0 Å². The summed E-state index contributed by atoms with van der Waals surface area (Å²) in [5, 5.41) is 5.04. The van der Waals surface area contributed by atoms with Crippen LogP contribution in [0.1, 0.15) is 14.4 Å². The van der Waals surface area contributed by atoms with Gasteiger partial charge < -0.3 is 0 Å². The van der Waals surface area contributed by atoms with Crippen molar-refractivity contribution in [2.45, 2.75) is 14.4 Å². The number of benzene rings is 2. The van der Waals surface area contributed by atoms with Crippen molar-refractivity contribution in [1.82, 2.24) is 0 Å². The van der Waals surface area contributed by atoms with Crippen LogP contribution in [0.2, 0.25) is 0 Å². The molecule has 16 heavy (non-hydrogen) atoms. The Hall–Kier alpha value is -1.82. The van der Waals surface area contributed by atoms with E-state index in [2.05, 4.69) is 56.0 Å². The van der Waals surface area contributed by atoms with Gasteiger partial charge in [-0.15, -0.1) is 0 Å². The summed E-state index contributed by atoms with van der Waals surface area (Å²) in [4.78, 5) is 0. The molecule has 0 amide bonds. The second-order valence-corrected chi connectivity index (χ2v) is 3.52. The van der Waals surface area contributed by atoms with Gasteiger partial charge in [0.25, 0.3) is 0 Å². The molecule has 0 heterocycles. The highest BCUT2D eigenvalue weighted by Crippen LogP contribution is 2.07. The molecule has 0 radical (unpaired) electrons. The van der Waals surface area contributed by atoms with Gasteiger partial charge in [-0.1, -0.05) is 56.5 Å². The molecule has 0 aliphatic heterocycles. The molecular weight excluding hydrogens is 192 g/mol. The Kier molecular flexibility index (Phi) is 4.07. The van der Waals surface area contributed by atoms with Crippen LogP contribution in [0.15, 0.2) is 49.1 Å². The van der Waals surface area contributed by atoms with Crippen molar-refractivity contribution >= 4 is 22.9 Å². The average molecular weight is 210 g/mol. The smallest absolute Gasteiger partial charge is 0.0178 e. The molecule has 0 bridgehead atoms. The molecule has 0 aromatic heterocycles. The molecule has 2 aromatic rings. The van der Waals surface area contributed by atoms with Crippen LogP contribution in [0.25, 0.3) is 22.9 Å². The summed E-state index contributed by atoms with van der Waals surface area (Å²) in [7, 11) is 0. The summed E-state index contributed by atoms with van der Waals surface area (Å²) in [5.74, 6) is 0. The molecule has 0 nitrogen and oxygen atoms in total. The lowest BCUT2D eigenvalue weighted by Gasteiger charge is -1.97. The fourth-order valence-electron chi connectivity index (χ4n) is 1.80. The van der Waals surface area contributed by atoms with Gasteiger partial charge in [0.1, 0.15) is 0 Å². The first kappa shape index (κ1) is 12.3. The van der Waals surface area contributed by atoms with E-state index in [-0.39, 0.29) is 7.43 Å². The lowest BCUT2D eigenvalue weighted by molar-refractivity contribution is 1.55. The predicted octanol–water partition coefficient (Wildman–Crippen LogP) is 3.24. The molecule has 0 N–H and O–H groups in total. The number of rotatable bonds is 1. The Morgan fingerprint density at radius 3 is 2.06 bits per heavy atom. The zero-order valence-corrected chi connectivity index (χ0v) is 8.90. The fraction of sp³-hybridized carbons (Fsp3) is 0.125. The third-order valence-corrected chi connectivity index (χ3v) is 2.56. The van der Waals surface area contributed by atoms with Crippen LogP contribution in [-0.2, 0) is 0 Å². The zero-order valence-electron chi connectivity index (χ0n) is 8.90. The molecule has 0 saturated carbocycles. The van der Waals surface area contributed by atoms with E-state index >= 15 is 0 Å². The standard InChI is InChI=1S/C15H14.CH4/c1-3-7-13-11-15-9-6-5-8-14(15)10-12(13)4-2;/h3-11H,1H2,2H3;1H4/b12-4-,13-7-;. The van der Waals surface area contributed by atoms with Crippen LogP contribution in [0.3, 0.4) is 0 Å². The molecule has 2 aromatic carbocycles. The molecule has 2 rings (SSSR count). The SMILES string of the molecule is C.C=C/C=c1/cc2ccccc2c/c1=C/C. The van der Waals surface area contributed by atoms with Gasteiger partial charge in [-0.3, -0.25) is 0 Å². The normalized spacial score (nSPS) is 12.6. The number of hydrogen-bond acceptors (Lipinski definition) is 0. The summed E-state index contributed by atoms with van der Waals surface area (Å²) in [6, 6.07) is 12.8. The van der Waals surface area contributed by atoms with Crippen LogP contribution in [0.4, 0.5) is 0 Å². The number of hydrogen-bond donors (Lipinski definition) is 0. The summed E-state index contributed by atoms with van der Waals surface area (Å²) < 4.78 is 0. The quantitative estimate of drug-likeness (QED) is 0.678. The summed E-state index contributed by atoms with van der Waals surface area (Å²) in [6.07, 6.45) is 6.00. The zero-order chi connectivity index (χ0) is 10.7. The van der Waals surface area contributed by atoms with E-state index in [1.54, 1.807) is 0 Å². The third-order valence-electron chi connectivity index (χ3n) is 2.56. The van der Waals surface area contributed by atoms with Crippen molar-refractivity contribution in [2.24, 2.45) is 0 Å². The van der Waals surface area contributed by atoms with Crippen LogP contribution >= 0.6 is 0 Å². The first-order valence-electron chi connectivity index (χ1n) is 5.13. The largest absolute Gasteiger partial charge is 0.0990 e. The second-order valence-electron chi connectivity index (χ2n) is 3.52. The van der Waals surface area contributed by atoms with Gasteiger partial charge in [-0.2, -0.15) is 0 Å². The monoisotopic (exact) mass is 210 g/mol. The first-order valence-corrected chi connectivity index (χ1v) is 5.13. The molecule has 0 aliphatic carbocycles. The summed E-state index contributed by atoms with van der Waals surface area (Å²) in [5.41, 5.74) is 0. The Bertz CT molecular complexity index is 603. The third kappa shape index (κ3) is 2.22. The maximum atomic E-state index is 3.74. The Morgan fingerprint density at radius 2 is 1.56 bits per heavy atom. The lowest BCUT2D eigenvalue weighted by atomic mass is 10.1. The fourth-order valence-corrected chi connectivity index (χ4v) is 1.80. The molecule has 0 aliphatic rings. The van der Waals surface area contributed by atoms with Crippen molar-refractivity contribution in [3.8, 4) is 0 Å². The van der Waals surface area contributed by atoms with Crippen LogP contribution in [0.5, 0.6) is 0 Å². The van der Waals surface area contributed by atoms with Gasteiger partial charge in [0.2, 0.25) is 0 Å². The maximum absolute atomic E-state index is 3.74. The molecule has 0 saturated heterocycles. The van der Waals surface area contributed by atoms with Gasteiger partial charge in [-0.25, -0.2) is 0 Å². The van der Waals surface area contributed by atoms with Crippen molar-refractivity contribution in [3.63, 3.8) is 0 Å². The summed E-state index contributed by atoms with van der Waals surface area (Å²) >= 11 is 0. The molecule has 0 heteroatoms. The van der Waals surface area contributed by atoms with Gasteiger partial charge in [-0.05, 0) is 40.3 Å². The van der Waals surface area contributed by atoms with Crippen molar-refractivity contribution < 1.29 is 0 Å². The van der Waals surface area contributed by atoms with Crippen molar-refractivity contribution in [1.29, 1.82) is 0 Å². The minimum absolute atomic E-state index is 0. The van der Waals surface area contributed by atoms with Crippen LogP contribution in [0, 0.1) is 0 Å². The number of allylic oxidation sites excluding steroid dienone is 1. The van der Waals surface area contributed by atoms with Crippen LogP contribution in [-0.4, -0.2) is 0 Å². The summed E-state index contributed by atoms with van der Waals surface area (Å²) in [6.45, 7) is 5.80. The topological polar surface area (TPSA) is 0 Å². The van der Waals surface area contributed by atoms with Gasteiger partial charge in [0.15, 0.2) is 0 Å². The molecule has 0 unspecified atom stereocenters. The highest BCUT2D eigenvalue weighted by atomic mass is 14.0. The Balaban J connectivity index is 0.00000128. The Morgan fingerprint density at radius 1 is 1.00 bits per heavy atom. The van der Waals surface area contributed by atoms with E-state index in [0.717, 1.165) is 0 Å². The molecule has 0 spiro atoms. The second kappa shape index (κ2) is 5.32. The lowest BCUT2D eigenvalue weighted by Crippen LogP contribution is -2.23. The van der Waals surface area contributed by atoms with Gasteiger partial charge in [0.05, 0.1) is 0 Å². The van der Waals surface area contributed by atoms with E-state index in [9.17, 15) is 0 Å². The number of fused-ring (bicyclic) bond motifs is 1. The molecule has 0 atom stereocenters. The van der Waals surface area contributed by atoms with E-state index < -0.39 is 0 Å². The molecule has 82 valence electrons. The van der Waals surface area contributed by atoms with E-state index in [1.165, 1.54) is 21.2 Å². The first-order chi connectivity index (χ1) is 7.35. The van der Waals surface area contributed by atoms with E-state index in [4.69, 9.17) is 0 Å². The minimum Gasteiger partial charge on any atom is -0.0990 e. The maximum Gasteiger partial charge on any atom is -0.0178 e. The van der Waals surface area contributed by atoms with Gasteiger partial charge >= 0.3 is 0 Å². The highest BCUT2D eigenvalue weighted by Gasteiger charge is 1.91. The van der Waals surface area contributed by atoms with Crippen LogP contribution < -0.4 is 10.4 Å². The van der Waals surface area contributed by atoms with Crippen molar-refractivity contribution in [3.05, 3.63) is 59.5 Å². The highest BCUT2D eigenvalue weighted by molar-refractivity contribution is 5.82. The van der Waals surface area contributed by atoms with E-state index in [1.807, 2.05) is 12.2 Å². The minimum atomic E-state index is 0. The molecular formula is C16H18. The predicted molar refractivity (Wildman–Crippen MR) is 74.7 cm³/mol. The van der Waals surface area contributed by atoms with Gasteiger partial charge in [0, 0.05) is 0 Å². The van der Waals surface area contributed by atoms with E-state index in [0.29, 0.717) is 0 Å².